The van der Waals surface area contributed by atoms with Gasteiger partial charge in [0.05, 0.1) is 6.61 Å². The lowest BCUT2D eigenvalue weighted by atomic mass is 10.1. The lowest BCUT2D eigenvalue weighted by molar-refractivity contribution is -0.166. The Bertz CT molecular complexity index is 450. The number of ether oxygens (including phenoxy) is 1. The van der Waals surface area contributed by atoms with Crippen LogP contribution in [0.3, 0.4) is 0 Å². The quantitative estimate of drug-likeness (QED) is 0.811. The molecule has 1 aliphatic rings. The molecule has 1 aromatic rings. The SMILES string of the molecule is CC(C)CCOc1ccc(CNC2(C(F)(F)F)CC2)cc1. The number of hydrogen-bond donors (Lipinski definition) is 1. The number of halogens is 3. The molecule has 1 aromatic carbocycles. The molecule has 0 bridgehead atoms. The van der Waals surface area contributed by atoms with Gasteiger partial charge in [-0.05, 0) is 42.9 Å². The van der Waals surface area contributed by atoms with Crippen LogP contribution in [0.15, 0.2) is 24.3 Å². The lowest BCUT2D eigenvalue weighted by Crippen LogP contribution is -2.44. The van der Waals surface area contributed by atoms with E-state index in [0.29, 0.717) is 12.5 Å². The van der Waals surface area contributed by atoms with E-state index in [9.17, 15) is 13.2 Å². The summed E-state index contributed by atoms with van der Waals surface area (Å²) in [5.41, 5.74) is -0.818. The molecule has 0 radical (unpaired) electrons. The third-order valence-electron chi connectivity index (χ3n) is 3.81. The molecule has 1 aliphatic carbocycles. The van der Waals surface area contributed by atoms with Crippen LogP contribution in [0.4, 0.5) is 13.2 Å². The molecule has 2 nitrogen and oxygen atoms in total. The van der Waals surface area contributed by atoms with Gasteiger partial charge in [0.25, 0.3) is 0 Å². The van der Waals surface area contributed by atoms with Gasteiger partial charge >= 0.3 is 6.18 Å². The zero-order valence-electron chi connectivity index (χ0n) is 12.5. The van der Waals surface area contributed by atoms with Gasteiger partial charge in [0.1, 0.15) is 11.3 Å². The van der Waals surface area contributed by atoms with Gasteiger partial charge in [0.2, 0.25) is 0 Å². The Kier molecular flexibility index (Phi) is 4.81. The minimum absolute atomic E-state index is 0.174. The van der Waals surface area contributed by atoms with Crippen molar-refractivity contribution >= 4 is 0 Å². The summed E-state index contributed by atoms with van der Waals surface area (Å²) in [5, 5.41) is 2.64. The van der Waals surface area contributed by atoms with E-state index in [4.69, 9.17) is 4.74 Å². The fraction of sp³-hybridized carbons (Fsp3) is 0.625. The number of hydrogen-bond acceptors (Lipinski definition) is 2. The van der Waals surface area contributed by atoms with Gasteiger partial charge < -0.3 is 4.74 Å². The summed E-state index contributed by atoms with van der Waals surface area (Å²) >= 11 is 0. The molecular weight excluding hydrogens is 279 g/mol. The maximum atomic E-state index is 12.8. The first-order chi connectivity index (χ1) is 9.82. The molecule has 2 rings (SSSR count). The summed E-state index contributed by atoms with van der Waals surface area (Å²) < 4.78 is 43.9. The van der Waals surface area contributed by atoms with E-state index >= 15 is 0 Å². The highest BCUT2D eigenvalue weighted by atomic mass is 19.4. The third-order valence-corrected chi connectivity index (χ3v) is 3.81. The van der Waals surface area contributed by atoms with E-state index in [1.165, 1.54) is 0 Å². The summed E-state index contributed by atoms with van der Waals surface area (Å²) in [6, 6.07) is 7.24. The molecule has 0 heterocycles. The molecule has 5 heteroatoms. The average Bonchev–Trinajstić information content (AvgIpc) is 3.18. The van der Waals surface area contributed by atoms with Crippen LogP contribution in [-0.4, -0.2) is 18.3 Å². The van der Waals surface area contributed by atoms with Crippen molar-refractivity contribution in [3.8, 4) is 5.75 Å². The zero-order valence-corrected chi connectivity index (χ0v) is 12.5. The molecular formula is C16H22F3NO. The molecule has 0 aliphatic heterocycles. The fourth-order valence-electron chi connectivity index (χ4n) is 2.07. The molecule has 0 aromatic heterocycles. The Labute approximate surface area is 123 Å². The molecule has 1 saturated carbocycles. The Morgan fingerprint density at radius 2 is 1.81 bits per heavy atom. The van der Waals surface area contributed by atoms with E-state index in [1.54, 1.807) is 0 Å². The van der Waals surface area contributed by atoms with Crippen LogP contribution in [0.5, 0.6) is 5.75 Å². The highest BCUT2D eigenvalue weighted by molar-refractivity contribution is 5.27. The fourth-order valence-corrected chi connectivity index (χ4v) is 2.07. The molecule has 21 heavy (non-hydrogen) atoms. The van der Waals surface area contributed by atoms with E-state index < -0.39 is 11.7 Å². The number of benzene rings is 1. The maximum Gasteiger partial charge on any atom is 0.406 e. The van der Waals surface area contributed by atoms with Crippen LogP contribution in [0.1, 0.15) is 38.7 Å². The van der Waals surface area contributed by atoms with Gasteiger partial charge in [-0.25, -0.2) is 0 Å². The second kappa shape index (κ2) is 6.26. The molecule has 0 saturated heterocycles. The van der Waals surface area contributed by atoms with Crippen molar-refractivity contribution in [3.63, 3.8) is 0 Å². The van der Waals surface area contributed by atoms with Crippen molar-refractivity contribution in [1.29, 1.82) is 0 Å². The third kappa shape index (κ3) is 4.37. The second-order valence-electron chi connectivity index (χ2n) is 6.11. The van der Waals surface area contributed by atoms with Gasteiger partial charge in [-0.15, -0.1) is 0 Å². The molecule has 0 amide bonds. The van der Waals surface area contributed by atoms with Crippen LogP contribution in [0, 0.1) is 5.92 Å². The summed E-state index contributed by atoms with van der Waals surface area (Å²) in [6.07, 6.45) is -2.83. The first kappa shape index (κ1) is 16.1. The lowest BCUT2D eigenvalue weighted by Gasteiger charge is -2.20. The monoisotopic (exact) mass is 301 g/mol. The second-order valence-corrected chi connectivity index (χ2v) is 6.11. The highest BCUT2D eigenvalue weighted by Crippen LogP contribution is 2.49. The zero-order chi connectivity index (χ0) is 15.5. The standard InChI is InChI=1S/C16H22F3NO/c1-12(2)7-10-21-14-5-3-13(4-6-14)11-20-15(8-9-15)16(17,18)19/h3-6,12,20H,7-11H2,1-2H3. The van der Waals surface area contributed by atoms with Crippen molar-refractivity contribution in [1.82, 2.24) is 5.32 Å². The highest BCUT2D eigenvalue weighted by Gasteiger charge is 2.62. The van der Waals surface area contributed by atoms with Crippen molar-refractivity contribution in [2.24, 2.45) is 5.92 Å². The van der Waals surface area contributed by atoms with Crippen LogP contribution in [-0.2, 0) is 6.54 Å². The molecule has 118 valence electrons. The topological polar surface area (TPSA) is 21.3 Å². The molecule has 0 spiro atoms. The van der Waals surface area contributed by atoms with Gasteiger partial charge in [0, 0.05) is 6.54 Å². The number of rotatable bonds is 7. The van der Waals surface area contributed by atoms with Crippen LogP contribution in [0.25, 0.3) is 0 Å². The van der Waals surface area contributed by atoms with Gasteiger partial charge in [-0.2, -0.15) is 13.2 Å². The summed E-state index contributed by atoms with van der Waals surface area (Å²) in [7, 11) is 0. The van der Waals surface area contributed by atoms with Gasteiger partial charge in [-0.1, -0.05) is 26.0 Å². The Morgan fingerprint density at radius 1 is 1.19 bits per heavy atom. The first-order valence-corrected chi connectivity index (χ1v) is 7.36. The van der Waals surface area contributed by atoms with Crippen molar-refractivity contribution in [3.05, 3.63) is 29.8 Å². The van der Waals surface area contributed by atoms with Gasteiger partial charge in [0.15, 0.2) is 0 Å². The smallest absolute Gasteiger partial charge is 0.406 e. The summed E-state index contributed by atoms with van der Waals surface area (Å²) in [5.74, 6) is 1.35. The Balaban J connectivity index is 1.80. The van der Waals surface area contributed by atoms with Crippen molar-refractivity contribution < 1.29 is 17.9 Å². The first-order valence-electron chi connectivity index (χ1n) is 7.36. The molecule has 1 fully saturated rings. The minimum Gasteiger partial charge on any atom is -0.494 e. The Hall–Kier alpha value is -1.23. The molecule has 0 unspecified atom stereocenters. The van der Waals surface area contributed by atoms with E-state index in [0.717, 1.165) is 17.7 Å². The van der Waals surface area contributed by atoms with Gasteiger partial charge in [-0.3, -0.25) is 5.32 Å². The average molecular weight is 301 g/mol. The number of nitrogens with one attached hydrogen (secondary N) is 1. The predicted molar refractivity (Wildman–Crippen MR) is 76.3 cm³/mol. The van der Waals surface area contributed by atoms with Crippen LogP contribution in [0.2, 0.25) is 0 Å². The Morgan fingerprint density at radius 3 is 2.29 bits per heavy atom. The largest absolute Gasteiger partial charge is 0.494 e. The van der Waals surface area contributed by atoms with E-state index in [1.807, 2.05) is 24.3 Å². The van der Waals surface area contributed by atoms with Crippen molar-refractivity contribution in [2.45, 2.75) is 51.4 Å². The molecule has 1 N–H and O–H groups in total. The molecule has 0 atom stereocenters. The maximum absolute atomic E-state index is 12.8. The van der Waals surface area contributed by atoms with Crippen LogP contribution >= 0.6 is 0 Å². The van der Waals surface area contributed by atoms with Crippen molar-refractivity contribution in [2.75, 3.05) is 6.61 Å². The predicted octanol–water partition coefficient (Wildman–Crippen LogP) is 4.30. The normalized spacial score (nSPS) is 17.0. The summed E-state index contributed by atoms with van der Waals surface area (Å²) in [6.45, 7) is 5.15. The van der Waals surface area contributed by atoms with Crippen LogP contribution < -0.4 is 10.1 Å². The number of alkyl halides is 3. The van der Waals surface area contributed by atoms with E-state index in [-0.39, 0.29) is 19.4 Å². The van der Waals surface area contributed by atoms with E-state index in [2.05, 4.69) is 19.2 Å². The minimum atomic E-state index is -4.16. The summed E-state index contributed by atoms with van der Waals surface area (Å²) in [4.78, 5) is 0.